The lowest BCUT2D eigenvalue weighted by molar-refractivity contribution is 0.159. The zero-order valence-corrected chi connectivity index (χ0v) is 12.2. The first kappa shape index (κ1) is 14.4. The summed E-state index contributed by atoms with van der Waals surface area (Å²) in [6, 6.07) is 8.90. The van der Waals surface area contributed by atoms with E-state index < -0.39 is 0 Å². The highest BCUT2D eigenvalue weighted by Crippen LogP contribution is 2.37. The summed E-state index contributed by atoms with van der Waals surface area (Å²) in [6.07, 6.45) is 2.17. The van der Waals surface area contributed by atoms with Crippen LogP contribution >= 0.6 is 0 Å². The van der Waals surface area contributed by atoms with E-state index in [0.29, 0.717) is 17.9 Å². The number of hydrogen-bond acceptors (Lipinski definition) is 3. The number of methoxy groups -OCH3 is 1. The Bertz CT molecular complexity index is 394. The van der Waals surface area contributed by atoms with Gasteiger partial charge in [-0.3, -0.25) is 0 Å². The van der Waals surface area contributed by atoms with Crippen molar-refractivity contribution >= 4 is 0 Å². The van der Waals surface area contributed by atoms with E-state index in [2.05, 4.69) is 37.5 Å². The molecule has 2 rings (SSSR count). The van der Waals surface area contributed by atoms with Crippen molar-refractivity contribution in [2.45, 2.75) is 31.7 Å². The molecule has 0 radical (unpaired) electrons. The summed E-state index contributed by atoms with van der Waals surface area (Å²) in [4.78, 5) is 0. The number of rotatable bonds is 6. The van der Waals surface area contributed by atoms with Gasteiger partial charge in [-0.25, -0.2) is 0 Å². The number of benzene rings is 1. The summed E-state index contributed by atoms with van der Waals surface area (Å²) in [5, 5.41) is 3.51. The molecular weight excluding hydrogens is 238 g/mol. The fraction of sp³-hybridized carbons (Fsp3) is 0.625. The van der Waals surface area contributed by atoms with Crippen LogP contribution in [0.3, 0.4) is 0 Å². The van der Waals surface area contributed by atoms with Crippen LogP contribution in [0.5, 0.6) is 5.75 Å². The minimum absolute atomic E-state index is 0.472. The third-order valence-electron chi connectivity index (χ3n) is 4.16. The van der Waals surface area contributed by atoms with Crippen molar-refractivity contribution in [3.63, 3.8) is 0 Å². The second-order valence-electron chi connectivity index (χ2n) is 5.35. The third kappa shape index (κ3) is 3.28. The molecule has 1 aromatic rings. The molecule has 0 saturated heterocycles. The second-order valence-corrected chi connectivity index (χ2v) is 5.35. The zero-order chi connectivity index (χ0) is 13.7. The largest absolute Gasteiger partial charge is 0.493 e. The molecule has 0 bridgehead atoms. The number of fused-ring (bicyclic) bond motifs is 1. The molecule has 3 heteroatoms. The molecule has 3 unspecified atom stereocenters. The van der Waals surface area contributed by atoms with Crippen molar-refractivity contribution in [1.82, 2.24) is 5.32 Å². The number of ether oxygens (including phenoxy) is 2. The van der Waals surface area contributed by atoms with Crippen molar-refractivity contribution < 1.29 is 9.47 Å². The Morgan fingerprint density at radius 3 is 2.95 bits per heavy atom. The maximum absolute atomic E-state index is 5.76. The molecule has 106 valence electrons. The fourth-order valence-corrected chi connectivity index (χ4v) is 3.11. The van der Waals surface area contributed by atoms with Crippen molar-refractivity contribution in [2.75, 3.05) is 27.4 Å². The van der Waals surface area contributed by atoms with E-state index >= 15 is 0 Å². The molecule has 0 fully saturated rings. The Balaban J connectivity index is 2.15. The molecule has 0 amide bonds. The standard InChI is InChI=1S/C16H25NO2/c1-12(8-10-18-3)16(17-2)14-9-11-19-15-7-5-4-6-13(14)15/h4-7,12,14,16-17H,8-11H2,1-3H3. The maximum Gasteiger partial charge on any atom is 0.122 e. The van der Waals surface area contributed by atoms with E-state index in [1.807, 2.05) is 6.07 Å². The minimum atomic E-state index is 0.472. The van der Waals surface area contributed by atoms with Crippen LogP contribution in [0, 0.1) is 5.92 Å². The van der Waals surface area contributed by atoms with E-state index in [1.165, 1.54) is 5.56 Å². The molecule has 0 aromatic heterocycles. The van der Waals surface area contributed by atoms with E-state index in [1.54, 1.807) is 7.11 Å². The number of nitrogens with one attached hydrogen (secondary N) is 1. The van der Waals surface area contributed by atoms with Gasteiger partial charge >= 0.3 is 0 Å². The van der Waals surface area contributed by atoms with E-state index in [9.17, 15) is 0 Å². The van der Waals surface area contributed by atoms with Gasteiger partial charge in [0.25, 0.3) is 0 Å². The SMILES string of the molecule is CNC(C(C)CCOC)C1CCOc2ccccc21. The average Bonchev–Trinajstić information content (AvgIpc) is 2.46. The van der Waals surface area contributed by atoms with Gasteiger partial charge in [-0.05, 0) is 37.4 Å². The van der Waals surface area contributed by atoms with Crippen LogP contribution in [0.1, 0.15) is 31.2 Å². The van der Waals surface area contributed by atoms with Crippen LogP contribution in [0.25, 0.3) is 0 Å². The van der Waals surface area contributed by atoms with Crippen LogP contribution in [-0.4, -0.2) is 33.4 Å². The molecule has 1 aliphatic rings. The van der Waals surface area contributed by atoms with Crippen LogP contribution in [-0.2, 0) is 4.74 Å². The van der Waals surface area contributed by atoms with Crippen molar-refractivity contribution in [3.05, 3.63) is 29.8 Å². The second kappa shape index (κ2) is 6.92. The third-order valence-corrected chi connectivity index (χ3v) is 4.16. The smallest absolute Gasteiger partial charge is 0.122 e. The fourth-order valence-electron chi connectivity index (χ4n) is 3.11. The van der Waals surface area contributed by atoms with E-state index in [-0.39, 0.29) is 0 Å². The summed E-state index contributed by atoms with van der Waals surface area (Å²) >= 11 is 0. The van der Waals surface area contributed by atoms with Gasteiger partial charge in [0, 0.05) is 25.7 Å². The van der Waals surface area contributed by atoms with Gasteiger partial charge in [-0.1, -0.05) is 25.1 Å². The quantitative estimate of drug-likeness (QED) is 0.856. The summed E-state index contributed by atoms with van der Waals surface area (Å²) < 4.78 is 11.0. The lowest BCUT2D eigenvalue weighted by Crippen LogP contribution is -2.40. The predicted molar refractivity (Wildman–Crippen MR) is 77.8 cm³/mol. The Hall–Kier alpha value is -1.06. The van der Waals surface area contributed by atoms with Crippen LogP contribution < -0.4 is 10.1 Å². The summed E-state index contributed by atoms with van der Waals surface area (Å²) in [7, 11) is 3.83. The summed E-state index contributed by atoms with van der Waals surface area (Å²) in [5.41, 5.74) is 1.34. The van der Waals surface area contributed by atoms with Crippen molar-refractivity contribution in [1.29, 1.82) is 0 Å². The number of likely N-dealkylation sites (N-methyl/N-ethyl adjacent to an activating group) is 1. The van der Waals surface area contributed by atoms with Gasteiger partial charge in [0.1, 0.15) is 5.75 Å². The van der Waals surface area contributed by atoms with Gasteiger partial charge in [-0.15, -0.1) is 0 Å². The minimum Gasteiger partial charge on any atom is -0.493 e. The average molecular weight is 263 g/mol. The van der Waals surface area contributed by atoms with Crippen LogP contribution in [0.2, 0.25) is 0 Å². The zero-order valence-electron chi connectivity index (χ0n) is 12.2. The maximum atomic E-state index is 5.76. The molecule has 1 aliphatic heterocycles. The van der Waals surface area contributed by atoms with Gasteiger partial charge < -0.3 is 14.8 Å². The first-order chi connectivity index (χ1) is 9.27. The summed E-state index contributed by atoms with van der Waals surface area (Å²) in [5.74, 6) is 2.17. The molecule has 1 heterocycles. The van der Waals surface area contributed by atoms with Gasteiger partial charge in [0.2, 0.25) is 0 Å². The first-order valence-electron chi connectivity index (χ1n) is 7.15. The highest BCUT2D eigenvalue weighted by atomic mass is 16.5. The first-order valence-corrected chi connectivity index (χ1v) is 7.15. The molecular formula is C16H25NO2. The Labute approximate surface area is 116 Å². The number of hydrogen-bond donors (Lipinski definition) is 1. The number of para-hydroxylation sites is 1. The Kier molecular flexibility index (Phi) is 5.23. The monoisotopic (exact) mass is 263 g/mol. The van der Waals surface area contributed by atoms with Gasteiger partial charge in [0.15, 0.2) is 0 Å². The van der Waals surface area contributed by atoms with Crippen LogP contribution in [0.4, 0.5) is 0 Å². The molecule has 1 aromatic carbocycles. The lowest BCUT2D eigenvalue weighted by atomic mass is 9.80. The van der Waals surface area contributed by atoms with Crippen LogP contribution in [0.15, 0.2) is 24.3 Å². The highest BCUT2D eigenvalue weighted by Gasteiger charge is 2.30. The molecule has 19 heavy (non-hydrogen) atoms. The predicted octanol–water partition coefficient (Wildman–Crippen LogP) is 2.81. The molecule has 0 saturated carbocycles. The van der Waals surface area contributed by atoms with Crippen molar-refractivity contribution in [3.8, 4) is 5.75 Å². The van der Waals surface area contributed by atoms with Gasteiger partial charge in [-0.2, -0.15) is 0 Å². The molecule has 0 aliphatic carbocycles. The van der Waals surface area contributed by atoms with E-state index in [4.69, 9.17) is 9.47 Å². The molecule has 3 nitrogen and oxygen atoms in total. The molecule has 1 N–H and O–H groups in total. The molecule has 0 spiro atoms. The highest BCUT2D eigenvalue weighted by molar-refractivity contribution is 5.38. The summed E-state index contributed by atoms with van der Waals surface area (Å²) in [6.45, 7) is 3.94. The normalized spacial score (nSPS) is 21.3. The van der Waals surface area contributed by atoms with E-state index in [0.717, 1.165) is 31.8 Å². The lowest BCUT2D eigenvalue weighted by Gasteiger charge is -2.35. The topological polar surface area (TPSA) is 30.5 Å². The molecule has 3 atom stereocenters. The van der Waals surface area contributed by atoms with Gasteiger partial charge in [0.05, 0.1) is 6.61 Å². The van der Waals surface area contributed by atoms with Crippen molar-refractivity contribution in [2.24, 2.45) is 5.92 Å². The Morgan fingerprint density at radius 1 is 1.42 bits per heavy atom. The Morgan fingerprint density at radius 2 is 2.21 bits per heavy atom.